The molecule has 1 saturated heterocycles. The van der Waals surface area contributed by atoms with Gasteiger partial charge in [0.25, 0.3) is 5.91 Å². The van der Waals surface area contributed by atoms with Crippen LogP contribution in [0, 0.1) is 0 Å². The van der Waals surface area contributed by atoms with Gasteiger partial charge in [-0.05, 0) is 48.2 Å². The highest BCUT2D eigenvalue weighted by Crippen LogP contribution is 2.27. The number of amides is 1. The van der Waals surface area contributed by atoms with Gasteiger partial charge in [-0.1, -0.05) is 6.07 Å². The Kier molecular flexibility index (Phi) is 4.90. The Bertz CT molecular complexity index is 1480. The van der Waals surface area contributed by atoms with E-state index in [1.165, 1.54) is 6.33 Å². The number of H-pyrrole nitrogens is 1. The summed E-state index contributed by atoms with van der Waals surface area (Å²) in [4.78, 5) is 47.3. The zero-order valence-corrected chi connectivity index (χ0v) is 18.3. The predicted octanol–water partition coefficient (Wildman–Crippen LogP) is 2.54. The number of aliphatic imine (C=N–C) groups is 1. The number of pyridine rings is 1. The van der Waals surface area contributed by atoms with E-state index in [1.54, 1.807) is 16.8 Å². The second-order valence-corrected chi connectivity index (χ2v) is 8.49. The second kappa shape index (κ2) is 8.22. The quantitative estimate of drug-likeness (QED) is 0.489. The molecule has 0 radical (unpaired) electrons. The van der Waals surface area contributed by atoms with Crippen LogP contribution in [-0.2, 0) is 6.54 Å². The lowest BCUT2D eigenvalue weighted by Gasteiger charge is -2.33. The highest BCUT2D eigenvalue weighted by molar-refractivity contribution is 6.03. The van der Waals surface area contributed by atoms with E-state index < -0.39 is 0 Å². The molecule has 3 aromatic heterocycles. The molecule has 0 bridgehead atoms. The standard InChI is InChI=1S/C24H22N8O2/c33-23(29-17-4-3-15-12-25-13-16(15)10-17)19-11-21(28-14-27-19)31-8-5-18(6-9-31)32-20-2-1-7-26-22(20)30-24(32)34/h1-4,7,10-11,13-14,18H,5-6,8-9,12H2,(H,29,33)(H,26,30,34). The molecule has 34 heavy (non-hydrogen) atoms. The summed E-state index contributed by atoms with van der Waals surface area (Å²) in [7, 11) is 0. The van der Waals surface area contributed by atoms with Gasteiger partial charge in [-0.2, -0.15) is 0 Å². The second-order valence-electron chi connectivity index (χ2n) is 8.49. The number of rotatable bonds is 4. The molecule has 0 spiro atoms. The highest BCUT2D eigenvalue weighted by Gasteiger charge is 2.25. The third-order valence-electron chi connectivity index (χ3n) is 6.42. The number of imidazole rings is 1. The molecule has 0 atom stereocenters. The van der Waals surface area contributed by atoms with Crippen molar-refractivity contribution in [1.29, 1.82) is 0 Å². The largest absolute Gasteiger partial charge is 0.356 e. The van der Waals surface area contributed by atoms with Crippen molar-refractivity contribution in [3.8, 4) is 0 Å². The third kappa shape index (κ3) is 3.62. The molecule has 4 aromatic rings. The van der Waals surface area contributed by atoms with E-state index in [9.17, 15) is 9.59 Å². The molecule has 1 aromatic carbocycles. The molecule has 170 valence electrons. The first kappa shape index (κ1) is 20.3. The fourth-order valence-electron chi connectivity index (χ4n) is 4.69. The van der Waals surface area contributed by atoms with Gasteiger partial charge >= 0.3 is 5.69 Å². The van der Waals surface area contributed by atoms with Gasteiger partial charge < -0.3 is 10.2 Å². The van der Waals surface area contributed by atoms with Crippen LogP contribution in [0.4, 0.5) is 11.5 Å². The third-order valence-corrected chi connectivity index (χ3v) is 6.42. The lowest BCUT2D eigenvalue weighted by atomic mass is 10.0. The van der Waals surface area contributed by atoms with Crippen LogP contribution in [0.15, 0.2) is 58.7 Å². The van der Waals surface area contributed by atoms with Crippen molar-refractivity contribution in [1.82, 2.24) is 24.5 Å². The molecule has 2 aliphatic rings. The zero-order valence-electron chi connectivity index (χ0n) is 18.3. The lowest BCUT2D eigenvalue weighted by molar-refractivity contribution is 0.102. The monoisotopic (exact) mass is 454 g/mol. The fraction of sp³-hybridized carbons (Fsp3) is 0.250. The maximum atomic E-state index is 12.8. The first-order chi connectivity index (χ1) is 16.7. The van der Waals surface area contributed by atoms with E-state index in [0.717, 1.165) is 29.5 Å². The van der Waals surface area contributed by atoms with Crippen molar-refractivity contribution >= 4 is 34.8 Å². The summed E-state index contributed by atoms with van der Waals surface area (Å²) in [6, 6.07) is 11.3. The zero-order chi connectivity index (χ0) is 23.1. The molecular weight excluding hydrogens is 432 g/mol. The molecule has 0 unspecified atom stereocenters. The Hall–Kier alpha value is -4.34. The number of hydrogen-bond acceptors (Lipinski definition) is 7. The van der Waals surface area contributed by atoms with E-state index >= 15 is 0 Å². The molecular formula is C24H22N8O2. The minimum atomic E-state index is -0.286. The van der Waals surface area contributed by atoms with Crippen molar-refractivity contribution in [2.75, 3.05) is 23.3 Å². The molecule has 10 nitrogen and oxygen atoms in total. The summed E-state index contributed by atoms with van der Waals surface area (Å²) >= 11 is 0. The average molecular weight is 454 g/mol. The van der Waals surface area contributed by atoms with Gasteiger partial charge in [-0.3, -0.25) is 19.3 Å². The summed E-state index contributed by atoms with van der Waals surface area (Å²) in [5, 5.41) is 2.91. The van der Waals surface area contributed by atoms with Crippen LogP contribution >= 0.6 is 0 Å². The fourth-order valence-corrected chi connectivity index (χ4v) is 4.69. The number of carbonyl (C=O) groups excluding carboxylic acids is 1. The number of nitrogens with one attached hydrogen (secondary N) is 2. The van der Waals surface area contributed by atoms with Crippen LogP contribution in [0.25, 0.3) is 11.2 Å². The Balaban J connectivity index is 1.15. The molecule has 0 aliphatic carbocycles. The Labute approximate surface area is 194 Å². The molecule has 1 fully saturated rings. The van der Waals surface area contributed by atoms with Crippen LogP contribution in [0.5, 0.6) is 0 Å². The minimum absolute atomic E-state index is 0.0784. The topological polar surface area (TPSA) is 121 Å². The van der Waals surface area contributed by atoms with Gasteiger partial charge in [-0.15, -0.1) is 0 Å². The number of aromatic nitrogens is 5. The van der Waals surface area contributed by atoms with Crippen molar-refractivity contribution in [3.63, 3.8) is 0 Å². The summed E-state index contributed by atoms with van der Waals surface area (Å²) in [6.07, 6.45) is 6.47. The van der Waals surface area contributed by atoms with Crippen LogP contribution in [0.1, 0.15) is 40.5 Å². The van der Waals surface area contributed by atoms with E-state index in [4.69, 9.17) is 0 Å². The number of piperidine rings is 1. The van der Waals surface area contributed by atoms with Crippen LogP contribution in [0.3, 0.4) is 0 Å². The van der Waals surface area contributed by atoms with Gasteiger partial charge in [-0.25, -0.2) is 19.7 Å². The number of carbonyl (C=O) groups is 1. The number of aromatic amines is 1. The van der Waals surface area contributed by atoms with Crippen LogP contribution in [0.2, 0.25) is 0 Å². The Morgan fingerprint density at radius 1 is 1.09 bits per heavy atom. The number of hydrogen-bond donors (Lipinski definition) is 2. The Morgan fingerprint density at radius 3 is 2.85 bits per heavy atom. The van der Waals surface area contributed by atoms with Gasteiger partial charge in [0.15, 0.2) is 5.65 Å². The molecule has 2 N–H and O–H groups in total. The molecule has 1 amide bonds. The minimum Gasteiger partial charge on any atom is -0.356 e. The normalized spacial score (nSPS) is 15.6. The average Bonchev–Trinajstić information content (AvgIpc) is 3.47. The maximum Gasteiger partial charge on any atom is 0.327 e. The van der Waals surface area contributed by atoms with Crippen molar-refractivity contribution in [2.24, 2.45) is 4.99 Å². The molecule has 0 saturated carbocycles. The predicted molar refractivity (Wildman–Crippen MR) is 129 cm³/mol. The first-order valence-electron chi connectivity index (χ1n) is 11.2. The summed E-state index contributed by atoms with van der Waals surface area (Å²) < 4.78 is 1.81. The first-order valence-corrected chi connectivity index (χ1v) is 11.2. The lowest BCUT2D eigenvalue weighted by Crippen LogP contribution is -2.37. The number of fused-ring (bicyclic) bond motifs is 2. The van der Waals surface area contributed by atoms with E-state index in [0.29, 0.717) is 42.5 Å². The van der Waals surface area contributed by atoms with Crippen molar-refractivity contribution < 1.29 is 4.79 Å². The van der Waals surface area contributed by atoms with Crippen molar-refractivity contribution in [2.45, 2.75) is 25.4 Å². The summed E-state index contributed by atoms with van der Waals surface area (Å²) in [6.45, 7) is 2.11. The van der Waals surface area contributed by atoms with E-state index in [-0.39, 0.29) is 17.6 Å². The van der Waals surface area contributed by atoms with Crippen molar-refractivity contribution in [3.05, 3.63) is 76.2 Å². The number of anilines is 2. The maximum absolute atomic E-state index is 12.8. The van der Waals surface area contributed by atoms with Gasteiger partial charge in [0.05, 0.1) is 12.1 Å². The molecule has 10 heteroatoms. The molecule has 5 heterocycles. The smallest absolute Gasteiger partial charge is 0.327 e. The number of benzene rings is 1. The van der Waals surface area contributed by atoms with Gasteiger partial charge in [0.2, 0.25) is 0 Å². The highest BCUT2D eigenvalue weighted by atomic mass is 16.2. The summed E-state index contributed by atoms with van der Waals surface area (Å²) in [5.74, 6) is 0.416. The summed E-state index contributed by atoms with van der Waals surface area (Å²) in [5.41, 5.74) is 4.48. The van der Waals surface area contributed by atoms with E-state index in [2.05, 4.69) is 35.1 Å². The van der Waals surface area contributed by atoms with Crippen LogP contribution in [-0.4, -0.2) is 49.7 Å². The Morgan fingerprint density at radius 2 is 1.97 bits per heavy atom. The molecule has 6 rings (SSSR count). The number of nitrogens with zero attached hydrogens (tertiary/aromatic N) is 6. The SMILES string of the molecule is O=C(Nc1ccc2c(c1)C=NC2)c1cc(N2CCC(n3c(=O)[nH]c4ncccc43)CC2)ncn1. The van der Waals surface area contributed by atoms with Crippen LogP contribution < -0.4 is 15.9 Å². The molecule has 2 aliphatic heterocycles. The van der Waals surface area contributed by atoms with Gasteiger partial charge in [0.1, 0.15) is 17.8 Å². The van der Waals surface area contributed by atoms with Gasteiger partial charge in [0, 0.05) is 43.3 Å². The van der Waals surface area contributed by atoms with E-state index in [1.807, 2.05) is 36.5 Å².